The van der Waals surface area contributed by atoms with E-state index < -0.39 is 0 Å². The molecule has 0 aromatic heterocycles. The zero-order chi connectivity index (χ0) is 13.7. The number of hydrogen-bond acceptors (Lipinski definition) is 3. The van der Waals surface area contributed by atoms with Gasteiger partial charge in [-0.25, -0.2) is 0 Å². The lowest BCUT2D eigenvalue weighted by atomic mass is 10.1. The predicted molar refractivity (Wildman–Crippen MR) is 76.9 cm³/mol. The van der Waals surface area contributed by atoms with E-state index in [-0.39, 0.29) is 5.91 Å². The van der Waals surface area contributed by atoms with E-state index in [9.17, 15) is 4.79 Å². The largest absolute Gasteiger partial charge is 0.489 e. The number of hydrogen-bond donors (Lipinski definition) is 1. The summed E-state index contributed by atoms with van der Waals surface area (Å²) in [5.41, 5.74) is 1.57. The third-order valence-corrected chi connectivity index (χ3v) is 3.35. The lowest BCUT2D eigenvalue weighted by Crippen LogP contribution is -2.29. The zero-order valence-corrected chi connectivity index (χ0v) is 11.7. The average Bonchev–Trinajstić information content (AvgIpc) is 2.46. The van der Waals surface area contributed by atoms with Crippen molar-refractivity contribution in [3.05, 3.63) is 23.8 Å². The van der Waals surface area contributed by atoms with Gasteiger partial charge in [-0.3, -0.25) is 4.79 Å². The number of carbonyl (C=O) groups excluding carboxylic acids is 1. The lowest BCUT2D eigenvalue weighted by Gasteiger charge is -2.24. The highest BCUT2D eigenvalue weighted by atomic mass is 16.5. The number of anilines is 1. The van der Waals surface area contributed by atoms with Crippen molar-refractivity contribution in [3.63, 3.8) is 0 Å². The van der Waals surface area contributed by atoms with Crippen LogP contribution in [0.1, 0.15) is 36.5 Å². The summed E-state index contributed by atoms with van der Waals surface area (Å²) in [6.07, 6.45) is 3.37. The maximum atomic E-state index is 12.4. The Morgan fingerprint density at radius 3 is 3.05 bits per heavy atom. The Balaban J connectivity index is 2.10. The number of benzene rings is 1. The summed E-state index contributed by atoms with van der Waals surface area (Å²) in [7, 11) is 1.85. The summed E-state index contributed by atoms with van der Waals surface area (Å²) in [6, 6.07) is 5.68. The first-order chi connectivity index (χ1) is 9.24. The Bertz CT molecular complexity index is 446. The van der Waals surface area contributed by atoms with Crippen LogP contribution < -0.4 is 10.1 Å². The van der Waals surface area contributed by atoms with Crippen LogP contribution in [0.3, 0.4) is 0 Å². The van der Waals surface area contributed by atoms with E-state index in [2.05, 4.69) is 12.2 Å². The molecule has 0 bridgehead atoms. The van der Waals surface area contributed by atoms with Crippen molar-refractivity contribution in [2.45, 2.75) is 26.2 Å². The van der Waals surface area contributed by atoms with Crippen LogP contribution in [-0.2, 0) is 0 Å². The minimum absolute atomic E-state index is 0.0386. The van der Waals surface area contributed by atoms with Gasteiger partial charge < -0.3 is 15.0 Å². The summed E-state index contributed by atoms with van der Waals surface area (Å²) in [5, 5.41) is 3.25. The topological polar surface area (TPSA) is 41.6 Å². The molecule has 1 amide bonds. The van der Waals surface area contributed by atoms with E-state index >= 15 is 0 Å². The molecule has 0 spiro atoms. The van der Waals surface area contributed by atoms with E-state index in [0.29, 0.717) is 17.9 Å². The van der Waals surface area contributed by atoms with Crippen LogP contribution in [-0.4, -0.2) is 37.6 Å². The van der Waals surface area contributed by atoms with Crippen molar-refractivity contribution in [2.24, 2.45) is 0 Å². The molecule has 1 aliphatic rings. The Morgan fingerprint density at radius 2 is 2.26 bits per heavy atom. The SMILES string of the molecule is CCCCCN(C)C(=O)c1cccc2c1OCCN2. The fraction of sp³-hybridized carbons (Fsp3) is 0.533. The van der Waals surface area contributed by atoms with Gasteiger partial charge in [0.25, 0.3) is 5.91 Å². The molecule has 0 unspecified atom stereocenters. The highest BCUT2D eigenvalue weighted by Gasteiger charge is 2.21. The van der Waals surface area contributed by atoms with Gasteiger partial charge in [0.05, 0.1) is 11.3 Å². The Morgan fingerprint density at radius 1 is 1.42 bits per heavy atom. The molecule has 104 valence electrons. The smallest absolute Gasteiger partial charge is 0.257 e. The van der Waals surface area contributed by atoms with Crippen molar-refractivity contribution in [1.82, 2.24) is 4.90 Å². The number of amides is 1. The highest BCUT2D eigenvalue weighted by Crippen LogP contribution is 2.31. The molecule has 19 heavy (non-hydrogen) atoms. The third-order valence-electron chi connectivity index (χ3n) is 3.35. The first kappa shape index (κ1) is 13.7. The molecule has 2 rings (SSSR count). The number of carbonyl (C=O) groups is 1. The van der Waals surface area contributed by atoms with Gasteiger partial charge in [-0.05, 0) is 18.6 Å². The molecular formula is C15H22N2O2. The van der Waals surface area contributed by atoms with Crippen molar-refractivity contribution < 1.29 is 9.53 Å². The molecule has 0 atom stereocenters. The third kappa shape index (κ3) is 3.19. The van der Waals surface area contributed by atoms with Gasteiger partial charge in [-0.15, -0.1) is 0 Å². The molecule has 1 aromatic rings. The van der Waals surface area contributed by atoms with E-state index in [1.54, 1.807) is 4.90 Å². The van der Waals surface area contributed by atoms with Crippen LogP contribution in [0.5, 0.6) is 5.75 Å². The van der Waals surface area contributed by atoms with Crippen LogP contribution in [0.2, 0.25) is 0 Å². The molecule has 0 aliphatic carbocycles. The van der Waals surface area contributed by atoms with Crippen LogP contribution in [0.25, 0.3) is 0 Å². The summed E-state index contributed by atoms with van der Waals surface area (Å²) >= 11 is 0. The number of nitrogens with one attached hydrogen (secondary N) is 1. The standard InChI is InChI=1S/C15H22N2O2/c1-3-4-5-10-17(2)15(18)12-7-6-8-13-14(12)19-11-9-16-13/h6-8,16H,3-5,9-11H2,1-2H3. The number of nitrogens with zero attached hydrogens (tertiary/aromatic N) is 1. The summed E-state index contributed by atoms with van der Waals surface area (Å²) in [5.74, 6) is 0.734. The summed E-state index contributed by atoms with van der Waals surface area (Å²) in [4.78, 5) is 14.2. The molecule has 0 saturated heterocycles. The van der Waals surface area contributed by atoms with E-state index in [1.165, 1.54) is 0 Å². The first-order valence-corrected chi connectivity index (χ1v) is 6.99. The van der Waals surface area contributed by atoms with Crippen molar-refractivity contribution in [1.29, 1.82) is 0 Å². The number of rotatable bonds is 5. The van der Waals surface area contributed by atoms with Gasteiger partial charge in [0.15, 0.2) is 5.75 Å². The zero-order valence-electron chi connectivity index (χ0n) is 11.7. The van der Waals surface area contributed by atoms with E-state index in [0.717, 1.165) is 38.0 Å². The Kier molecular flexibility index (Phi) is 4.66. The van der Waals surface area contributed by atoms with Gasteiger partial charge in [0, 0.05) is 20.1 Å². The molecule has 1 aromatic carbocycles. The molecule has 1 heterocycles. The quantitative estimate of drug-likeness (QED) is 0.830. The fourth-order valence-electron chi connectivity index (χ4n) is 2.25. The Labute approximate surface area is 114 Å². The lowest BCUT2D eigenvalue weighted by molar-refractivity contribution is 0.0788. The number of unbranched alkanes of at least 4 members (excludes halogenated alkanes) is 2. The van der Waals surface area contributed by atoms with Crippen molar-refractivity contribution in [2.75, 3.05) is 32.1 Å². The van der Waals surface area contributed by atoms with Crippen LogP contribution >= 0.6 is 0 Å². The summed E-state index contributed by atoms with van der Waals surface area (Å²) < 4.78 is 5.64. The van der Waals surface area contributed by atoms with Gasteiger partial charge in [0.2, 0.25) is 0 Å². The van der Waals surface area contributed by atoms with Crippen molar-refractivity contribution >= 4 is 11.6 Å². The fourth-order valence-corrected chi connectivity index (χ4v) is 2.25. The summed E-state index contributed by atoms with van der Waals surface area (Å²) in [6.45, 7) is 4.35. The first-order valence-electron chi connectivity index (χ1n) is 6.99. The normalized spacial score (nSPS) is 13.2. The second kappa shape index (κ2) is 6.45. The van der Waals surface area contributed by atoms with Gasteiger partial charge in [0.1, 0.15) is 6.61 Å². The van der Waals surface area contributed by atoms with Crippen molar-refractivity contribution in [3.8, 4) is 5.75 Å². The average molecular weight is 262 g/mol. The predicted octanol–water partition coefficient (Wildman–Crippen LogP) is 2.75. The number of ether oxygens (including phenoxy) is 1. The second-order valence-electron chi connectivity index (χ2n) is 4.89. The van der Waals surface area contributed by atoms with Gasteiger partial charge in [-0.2, -0.15) is 0 Å². The number of fused-ring (bicyclic) bond motifs is 1. The Hall–Kier alpha value is -1.71. The second-order valence-corrected chi connectivity index (χ2v) is 4.89. The monoisotopic (exact) mass is 262 g/mol. The molecule has 1 aliphatic heterocycles. The van der Waals surface area contributed by atoms with Gasteiger partial charge >= 0.3 is 0 Å². The van der Waals surface area contributed by atoms with E-state index in [1.807, 2.05) is 25.2 Å². The maximum Gasteiger partial charge on any atom is 0.257 e. The molecule has 0 saturated carbocycles. The molecule has 0 fully saturated rings. The molecule has 4 heteroatoms. The molecular weight excluding hydrogens is 240 g/mol. The molecule has 1 N–H and O–H groups in total. The van der Waals surface area contributed by atoms with Crippen LogP contribution in [0.15, 0.2) is 18.2 Å². The maximum absolute atomic E-state index is 12.4. The minimum atomic E-state index is 0.0386. The molecule has 4 nitrogen and oxygen atoms in total. The van der Waals surface area contributed by atoms with Crippen LogP contribution in [0.4, 0.5) is 5.69 Å². The highest BCUT2D eigenvalue weighted by molar-refractivity contribution is 5.98. The van der Waals surface area contributed by atoms with Crippen LogP contribution in [0, 0.1) is 0 Å². The number of para-hydroxylation sites is 1. The van der Waals surface area contributed by atoms with E-state index in [4.69, 9.17) is 4.74 Å². The minimum Gasteiger partial charge on any atom is -0.489 e. The van der Waals surface area contributed by atoms with Gasteiger partial charge in [-0.1, -0.05) is 25.8 Å². The molecule has 0 radical (unpaired) electrons.